The maximum Gasteiger partial charge on any atom is 0.261 e. The average molecular weight is 360 g/mol. The van der Waals surface area contributed by atoms with Crippen LogP contribution >= 0.6 is 0 Å². The first-order chi connectivity index (χ1) is 13.1. The standard InChI is InChI=1S/C21H20N4O2/c1-16(27-20-9-7-17(13-22)8-10-20)21(26)23-14-18-3-5-19(6-4-18)15-25-12-2-11-24-25/h2-12,16H,14-15H2,1H3,(H,23,26)/t16-/m1/s1. The molecule has 0 spiro atoms. The molecule has 1 heterocycles. The van der Waals surface area contributed by atoms with Gasteiger partial charge in [0.2, 0.25) is 0 Å². The Hall–Kier alpha value is -3.59. The Kier molecular flexibility index (Phi) is 5.85. The second-order valence-corrected chi connectivity index (χ2v) is 6.13. The van der Waals surface area contributed by atoms with Crippen molar-refractivity contribution >= 4 is 5.91 Å². The Balaban J connectivity index is 1.48. The number of aromatic nitrogens is 2. The minimum Gasteiger partial charge on any atom is -0.481 e. The third kappa shape index (κ3) is 5.19. The molecule has 2 aromatic carbocycles. The van der Waals surface area contributed by atoms with Crippen LogP contribution in [0.15, 0.2) is 67.0 Å². The van der Waals surface area contributed by atoms with Gasteiger partial charge in [-0.3, -0.25) is 9.48 Å². The van der Waals surface area contributed by atoms with Crippen molar-refractivity contribution in [3.05, 3.63) is 83.7 Å². The van der Waals surface area contributed by atoms with E-state index in [1.165, 1.54) is 0 Å². The summed E-state index contributed by atoms with van der Waals surface area (Å²) in [6, 6.07) is 18.7. The number of carbonyl (C=O) groups excluding carboxylic acids is 1. The molecule has 6 heteroatoms. The fourth-order valence-electron chi connectivity index (χ4n) is 2.54. The van der Waals surface area contributed by atoms with Crippen LogP contribution in [0.4, 0.5) is 0 Å². The first-order valence-corrected chi connectivity index (χ1v) is 8.64. The van der Waals surface area contributed by atoms with Crippen LogP contribution in [0.1, 0.15) is 23.6 Å². The summed E-state index contributed by atoms with van der Waals surface area (Å²) in [5.41, 5.74) is 2.71. The monoisotopic (exact) mass is 360 g/mol. The Morgan fingerprint density at radius 1 is 1.19 bits per heavy atom. The van der Waals surface area contributed by atoms with E-state index >= 15 is 0 Å². The van der Waals surface area contributed by atoms with Gasteiger partial charge in [-0.05, 0) is 48.4 Å². The van der Waals surface area contributed by atoms with E-state index in [0.717, 1.165) is 17.7 Å². The Bertz CT molecular complexity index is 910. The van der Waals surface area contributed by atoms with Gasteiger partial charge in [0.1, 0.15) is 5.75 Å². The molecule has 6 nitrogen and oxygen atoms in total. The summed E-state index contributed by atoms with van der Waals surface area (Å²) in [4.78, 5) is 12.2. The lowest BCUT2D eigenvalue weighted by Gasteiger charge is -2.15. The van der Waals surface area contributed by atoms with E-state index in [9.17, 15) is 4.79 Å². The lowest BCUT2D eigenvalue weighted by molar-refractivity contribution is -0.127. The van der Waals surface area contributed by atoms with Crippen molar-refractivity contribution in [2.45, 2.75) is 26.1 Å². The van der Waals surface area contributed by atoms with Crippen LogP contribution in [0.5, 0.6) is 5.75 Å². The molecule has 3 rings (SSSR count). The minimum absolute atomic E-state index is 0.194. The van der Waals surface area contributed by atoms with E-state index in [0.29, 0.717) is 17.9 Å². The largest absolute Gasteiger partial charge is 0.481 e. The topological polar surface area (TPSA) is 79.9 Å². The van der Waals surface area contributed by atoms with E-state index in [-0.39, 0.29) is 5.91 Å². The molecule has 3 aromatic rings. The van der Waals surface area contributed by atoms with Gasteiger partial charge in [-0.15, -0.1) is 0 Å². The van der Waals surface area contributed by atoms with Crippen LogP contribution in [0.2, 0.25) is 0 Å². The van der Waals surface area contributed by atoms with Gasteiger partial charge in [0, 0.05) is 18.9 Å². The molecule has 0 fully saturated rings. The Morgan fingerprint density at radius 2 is 1.89 bits per heavy atom. The van der Waals surface area contributed by atoms with Crippen LogP contribution in [-0.2, 0) is 17.9 Å². The number of nitriles is 1. The minimum atomic E-state index is -0.628. The molecule has 0 bridgehead atoms. The van der Waals surface area contributed by atoms with Gasteiger partial charge in [-0.2, -0.15) is 10.4 Å². The average Bonchev–Trinajstić information content (AvgIpc) is 3.21. The quantitative estimate of drug-likeness (QED) is 0.703. The molecule has 1 aromatic heterocycles. The van der Waals surface area contributed by atoms with E-state index in [4.69, 9.17) is 10.00 Å². The van der Waals surface area contributed by atoms with Crippen molar-refractivity contribution in [3.63, 3.8) is 0 Å². The molecule has 0 unspecified atom stereocenters. The second-order valence-electron chi connectivity index (χ2n) is 6.13. The van der Waals surface area contributed by atoms with E-state index in [2.05, 4.69) is 10.4 Å². The van der Waals surface area contributed by atoms with Gasteiger partial charge in [-0.25, -0.2) is 0 Å². The molecule has 0 saturated heterocycles. The predicted molar refractivity (Wildman–Crippen MR) is 101 cm³/mol. The van der Waals surface area contributed by atoms with Gasteiger partial charge in [0.05, 0.1) is 18.2 Å². The highest BCUT2D eigenvalue weighted by Gasteiger charge is 2.14. The predicted octanol–water partition coefficient (Wildman–Crippen LogP) is 2.89. The summed E-state index contributed by atoms with van der Waals surface area (Å²) in [6.07, 6.45) is 3.05. The summed E-state index contributed by atoms with van der Waals surface area (Å²) < 4.78 is 7.47. The molecular weight excluding hydrogens is 340 g/mol. The number of carbonyl (C=O) groups is 1. The van der Waals surface area contributed by atoms with Crippen molar-refractivity contribution in [2.24, 2.45) is 0 Å². The van der Waals surface area contributed by atoms with Crippen molar-refractivity contribution in [1.82, 2.24) is 15.1 Å². The number of hydrogen-bond acceptors (Lipinski definition) is 4. The maximum absolute atomic E-state index is 12.2. The molecule has 1 N–H and O–H groups in total. The summed E-state index contributed by atoms with van der Waals surface area (Å²) >= 11 is 0. The van der Waals surface area contributed by atoms with Crippen molar-refractivity contribution in [1.29, 1.82) is 5.26 Å². The number of nitrogens with one attached hydrogen (secondary N) is 1. The number of nitrogens with zero attached hydrogens (tertiary/aromatic N) is 3. The SMILES string of the molecule is C[C@@H](Oc1ccc(C#N)cc1)C(=O)NCc1ccc(Cn2cccn2)cc1. The maximum atomic E-state index is 12.2. The van der Waals surface area contributed by atoms with Crippen molar-refractivity contribution in [2.75, 3.05) is 0 Å². The van der Waals surface area contributed by atoms with Gasteiger partial charge >= 0.3 is 0 Å². The number of rotatable bonds is 7. The van der Waals surface area contributed by atoms with Gasteiger partial charge in [0.25, 0.3) is 5.91 Å². The summed E-state index contributed by atoms with van der Waals surface area (Å²) in [5.74, 6) is 0.361. The van der Waals surface area contributed by atoms with Crippen molar-refractivity contribution < 1.29 is 9.53 Å². The Morgan fingerprint density at radius 3 is 2.52 bits per heavy atom. The normalized spacial score (nSPS) is 11.4. The van der Waals surface area contributed by atoms with E-state index in [1.54, 1.807) is 37.4 Å². The second kappa shape index (κ2) is 8.68. The molecule has 0 radical (unpaired) electrons. The molecule has 1 atom stereocenters. The molecule has 136 valence electrons. The fraction of sp³-hybridized carbons (Fsp3) is 0.190. The molecule has 27 heavy (non-hydrogen) atoms. The Labute approximate surface area is 158 Å². The number of hydrogen-bond donors (Lipinski definition) is 1. The third-order valence-electron chi connectivity index (χ3n) is 4.06. The van der Waals surface area contributed by atoms with Gasteiger partial charge in [-0.1, -0.05) is 24.3 Å². The number of ether oxygens (including phenoxy) is 1. The fourth-order valence-corrected chi connectivity index (χ4v) is 2.54. The highest BCUT2D eigenvalue weighted by molar-refractivity contribution is 5.80. The summed E-state index contributed by atoms with van der Waals surface area (Å²) in [7, 11) is 0. The zero-order valence-corrected chi connectivity index (χ0v) is 15.0. The van der Waals surface area contributed by atoms with Crippen LogP contribution in [0.3, 0.4) is 0 Å². The van der Waals surface area contributed by atoms with Gasteiger partial charge in [0.15, 0.2) is 6.10 Å². The lowest BCUT2D eigenvalue weighted by Crippen LogP contribution is -2.35. The molecule has 0 aliphatic carbocycles. The van der Waals surface area contributed by atoms with Crippen LogP contribution in [0.25, 0.3) is 0 Å². The summed E-state index contributed by atoms with van der Waals surface area (Å²) in [5, 5.41) is 15.9. The van der Waals surface area contributed by atoms with Crippen LogP contribution in [-0.4, -0.2) is 21.8 Å². The smallest absolute Gasteiger partial charge is 0.261 e. The zero-order chi connectivity index (χ0) is 19.1. The number of benzene rings is 2. The molecule has 1 amide bonds. The highest BCUT2D eigenvalue weighted by Crippen LogP contribution is 2.13. The first kappa shape index (κ1) is 18.2. The summed E-state index contributed by atoms with van der Waals surface area (Å²) in [6.45, 7) is 2.85. The van der Waals surface area contributed by atoms with Gasteiger partial charge < -0.3 is 10.1 Å². The van der Waals surface area contributed by atoms with E-state index in [1.807, 2.05) is 47.3 Å². The zero-order valence-electron chi connectivity index (χ0n) is 15.0. The highest BCUT2D eigenvalue weighted by atomic mass is 16.5. The number of amides is 1. The molecular formula is C21H20N4O2. The van der Waals surface area contributed by atoms with Crippen molar-refractivity contribution in [3.8, 4) is 11.8 Å². The molecule has 0 aliphatic heterocycles. The third-order valence-corrected chi connectivity index (χ3v) is 4.06. The molecule has 0 aliphatic rings. The first-order valence-electron chi connectivity index (χ1n) is 8.64. The van der Waals surface area contributed by atoms with Crippen LogP contribution < -0.4 is 10.1 Å². The lowest BCUT2D eigenvalue weighted by atomic mass is 10.1. The molecule has 0 saturated carbocycles. The van der Waals surface area contributed by atoms with E-state index < -0.39 is 6.10 Å². The van der Waals surface area contributed by atoms with Crippen LogP contribution in [0, 0.1) is 11.3 Å².